The van der Waals surface area contributed by atoms with Crippen LogP contribution in [0.1, 0.15) is 16.7 Å². The molecule has 25 heavy (non-hydrogen) atoms. The van der Waals surface area contributed by atoms with Gasteiger partial charge in [0, 0.05) is 31.9 Å². The Morgan fingerprint density at radius 1 is 1.08 bits per heavy atom. The Bertz CT molecular complexity index is 831. The summed E-state index contributed by atoms with van der Waals surface area (Å²) >= 11 is 0. The maximum Gasteiger partial charge on any atom is 0.175 e. The normalized spacial score (nSPS) is 18.3. The van der Waals surface area contributed by atoms with Crippen LogP contribution >= 0.6 is 0 Å². The summed E-state index contributed by atoms with van der Waals surface area (Å²) in [5.41, 5.74) is 4.02. The third kappa shape index (κ3) is 4.48. The minimum Gasteiger partial charge on any atom is -0.301 e. The number of nitrogens with zero attached hydrogens (tertiary/aromatic N) is 2. The predicted octanol–water partition coefficient (Wildman–Crippen LogP) is 2.58. The maximum atomic E-state index is 11.5. The van der Waals surface area contributed by atoms with Gasteiger partial charge in [-0.05, 0) is 49.3 Å². The first-order valence-corrected chi connectivity index (χ1v) is 10.5. The molecule has 0 aromatic heterocycles. The molecule has 0 aliphatic carbocycles. The number of rotatable bonds is 5. The van der Waals surface area contributed by atoms with Crippen LogP contribution in [0.2, 0.25) is 0 Å². The number of hydrogen-bond acceptors (Lipinski definition) is 4. The predicted molar refractivity (Wildman–Crippen MR) is 101 cm³/mol. The molecular weight excluding hydrogens is 332 g/mol. The molecular formula is C20H26N2O2S. The highest BCUT2D eigenvalue weighted by Gasteiger charge is 2.24. The average molecular weight is 359 g/mol. The maximum absolute atomic E-state index is 11.5. The molecule has 2 aromatic rings. The van der Waals surface area contributed by atoms with E-state index in [2.05, 4.69) is 48.2 Å². The second-order valence-electron chi connectivity index (χ2n) is 7.15. The first-order valence-electron chi connectivity index (χ1n) is 8.57. The molecule has 0 fully saturated rings. The molecule has 0 spiro atoms. The van der Waals surface area contributed by atoms with Crippen molar-refractivity contribution in [3.05, 3.63) is 65.2 Å². The van der Waals surface area contributed by atoms with E-state index >= 15 is 0 Å². The van der Waals surface area contributed by atoms with E-state index in [1.807, 2.05) is 12.1 Å². The number of benzene rings is 2. The number of sulfone groups is 1. The van der Waals surface area contributed by atoms with Crippen LogP contribution in [0.3, 0.4) is 0 Å². The van der Waals surface area contributed by atoms with Crippen LogP contribution < -0.4 is 0 Å². The van der Waals surface area contributed by atoms with E-state index in [0.717, 1.165) is 31.6 Å². The van der Waals surface area contributed by atoms with Gasteiger partial charge in [0.25, 0.3) is 0 Å². The van der Waals surface area contributed by atoms with Crippen LogP contribution in [0.25, 0.3) is 0 Å². The van der Waals surface area contributed by atoms with Gasteiger partial charge in [0.2, 0.25) is 0 Å². The van der Waals surface area contributed by atoms with Crippen molar-refractivity contribution in [3.63, 3.8) is 0 Å². The number of fused-ring (bicyclic) bond motifs is 1. The Kier molecular flexibility index (Phi) is 5.27. The molecule has 4 nitrogen and oxygen atoms in total. The monoisotopic (exact) mass is 358 g/mol. The fourth-order valence-electron chi connectivity index (χ4n) is 3.50. The zero-order valence-corrected chi connectivity index (χ0v) is 16.0. The molecule has 1 aliphatic rings. The number of likely N-dealkylation sites (N-methyl/N-ethyl adjacent to an activating group) is 2. The smallest absolute Gasteiger partial charge is 0.175 e. The molecule has 0 saturated carbocycles. The summed E-state index contributed by atoms with van der Waals surface area (Å²) in [6.07, 6.45) is 2.31. The van der Waals surface area contributed by atoms with Gasteiger partial charge in [-0.3, -0.25) is 4.90 Å². The lowest BCUT2D eigenvalue weighted by Gasteiger charge is -2.36. The van der Waals surface area contributed by atoms with E-state index in [1.54, 1.807) is 12.1 Å². The largest absolute Gasteiger partial charge is 0.301 e. The lowest BCUT2D eigenvalue weighted by Crippen LogP contribution is -2.44. The molecule has 0 amide bonds. The molecule has 0 saturated heterocycles. The van der Waals surface area contributed by atoms with Crippen LogP contribution in [-0.2, 0) is 29.3 Å². The van der Waals surface area contributed by atoms with Gasteiger partial charge in [-0.15, -0.1) is 0 Å². The van der Waals surface area contributed by atoms with Gasteiger partial charge in [0.15, 0.2) is 9.84 Å². The van der Waals surface area contributed by atoms with Crippen molar-refractivity contribution in [2.24, 2.45) is 0 Å². The van der Waals surface area contributed by atoms with E-state index in [-0.39, 0.29) is 0 Å². The van der Waals surface area contributed by atoms with Gasteiger partial charge < -0.3 is 4.90 Å². The van der Waals surface area contributed by atoms with Crippen molar-refractivity contribution in [1.29, 1.82) is 0 Å². The molecule has 1 heterocycles. The van der Waals surface area contributed by atoms with Crippen molar-refractivity contribution in [2.75, 3.05) is 26.9 Å². The Morgan fingerprint density at radius 2 is 1.72 bits per heavy atom. The van der Waals surface area contributed by atoms with Crippen molar-refractivity contribution < 1.29 is 8.42 Å². The van der Waals surface area contributed by atoms with Gasteiger partial charge in [-0.1, -0.05) is 36.4 Å². The van der Waals surface area contributed by atoms with Gasteiger partial charge in [-0.25, -0.2) is 8.42 Å². The molecule has 1 unspecified atom stereocenters. The lowest BCUT2D eigenvalue weighted by atomic mass is 9.94. The summed E-state index contributed by atoms with van der Waals surface area (Å²) in [5.74, 6) is 0. The molecule has 0 radical (unpaired) electrons. The van der Waals surface area contributed by atoms with Gasteiger partial charge in [0.1, 0.15) is 0 Å². The summed E-state index contributed by atoms with van der Waals surface area (Å²) in [6, 6.07) is 16.4. The third-order valence-electron chi connectivity index (χ3n) is 4.94. The molecule has 0 bridgehead atoms. The molecule has 3 rings (SSSR count). The molecule has 2 aromatic carbocycles. The summed E-state index contributed by atoms with van der Waals surface area (Å²) in [6.45, 7) is 2.80. The van der Waals surface area contributed by atoms with Crippen molar-refractivity contribution in [1.82, 2.24) is 9.80 Å². The molecule has 1 aliphatic heterocycles. The highest BCUT2D eigenvalue weighted by atomic mass is 32.2. The molecule has 5 heteroatoms. The Balaban J connectivity index is 1.62. The van der Waals surface area contributed by atoms with E-state index in [1.165, 1.54) is 17.4 Å². The minimum atomic E-state index is -3.13. The Labute approximate surface area is 151 Å². The average Bonchev–Trinajstić information content (AvgIpc) is 2.55. The van der Waals surface area contributed by atoms with E-state index in [9.17, 15) is 8.42 Å². The van der Waals surface area contributed by atoms with Crippen LogP contribution in [0.4, 0.5) is 0 Å². The zero-order valence-electron chi connectivity index (χ0n) is 15.1. The van der Waals surface area contributed by atoms with E-state index in [0.29, 0.717) is 10.9 Å². The Hall–Kier alpha value is -1.69. The SMILES string of the molecule is CN(Cc1ccc(S(C)(=O)=O)cc1)CC1Cc2ccccc2CN1C. The van der Waals surface area contributed by atoms with Crippen molar-refractivity contribution in [2.45, 2.75) is 30.4 Å². The van der Waals surface area contributed by atoms with Crippen LogP contribution in [0, 0.1) is 0 Å². The summed E-state index contributed by atoms with van der Waals surface area (Å²) in [4.78, 5) is 5.11. The Morgan fingerprint density at radius 3 is 2.36 bits per heavy atom. The summed E-state index contributed by atoms with van der Waals surface area (Å²) in [5, 5.41) is 0. The van der Waals surface area contributed by atoms with E-state index in [4.69, 9.17) is 0 Å². The minimum absolute atomic E-state index is 0.377. The van der Waals surface area contributed by atoms with Crippen molar-refractivity contribution in [3.8, 4) is 0 Å². The van der Waals surface area contributed by atoms with Gasteiger partial charge in [-0.2, -0.15) is 0 Å². The summed E-state index contributed by atoms with van der Waals surface area (Å²) in [7, 11) is 1.19. The first kappa shape index (κ1) is 18.1. The fourth-order valence-corrected chi connectivity index (χ4v) is 4.13. The third-order valence-corrected chi connectivity index (χ3v) is 6.07. The second kappa shape index (κ2) is 7.28. The highest BCUT2D eigenvalue weighted by molar-refractivity contribution is 7.90. The topological polar surface area (TPSA) is 40.6 Å². The van der Waals surface area contributed by atoms with Crippen molar-refractivity contribution >= 4 is 9.84 Å². The molecule has 134 valence electrons. The van der Waals surface area contributed by atoms with Gasteiger partial charge >= 0.3 is 0 Å². The van der Waals surface area contributed by atoms with Gasteiger partial charge in [0.05, 0.1) is 4.90 Å². The van der Waals surface area contributed by atoms with Crippen LogP contribution in [0.15, 0.2) is 53.4 Å². The quantitative estimate of drug-likeness (QED) is 0.824. The fraction of sp³-hybridized carbons (Fsp3) is 0.400. The van der Waals surface area contributed by atoms with Crippen LogP contribution in [-0.4, -0.2) is 51.2 Å². The standard InChI is InChI=1S/C20H26N2O2S/c1-21(13-16-8-10-20(11-9-16)25(3,23)24)15-19-12-17-6-4-5-7-18(17)14-22(19)2/h4-11,19H,12-15H2,1-3H3. The number of hydrogen-bond donors (Lipinski definition) is 0. The van der Waals surface area contributed by atoms with Crippen LogP contribution in [0.5, 0.6) is 0 Å². The highest BCUT2D eigenvalue weighted by Crippen LogP contribution is 2.22. The molecule has 1 atom stereocenters. The zero-order chi connectivity index (χ0) is 18.0. The first-order chi connectivity index (χ1) is 11.8. The molecule has 0 N–H and O–H groups in total. The second-order valence-corrected chi connectivity index (χ2v) is 9.17. The lowest BCUT2D eigenvalue weighted by molar-refractivity contribution is 0.158. The van der Waals surface area contributed by atoms with E-state index < -0.39 is 9.84 Å². The summed E-state index contributed by atoms with van der Waals surface area (Å²) < 4.78 is 23.1.